The van der Waals surface area contributed by atoms with Crippen LogP contribution in [0.25, 0.3) is 0 Å². The second-order valence-corrected chi connectivity index (χ2v) is 8.20. The molecule has 0 saturated heterocycles. The molecule has 5 nitrogen and oxygen atoms in total. The Balaban J connectivity index is 2.02. The number of aliphatic hydroxyl groups is 1. The van der Waals surface area contributed by atoms with Crippen molar-refractivity contribution < 1.29 is 14.6 Å². The Morgan fingerprint density at radius 1 is 1.22 bits per heavy atom. The van der Waals surface area contributed by atoms with Crippen LogP contribution in [0.4, 0.5) is 5.69 Å². The molecule has 0 saturated carbocycles. The number of ether oxygens (including phenoxy) is 1. The van der Waals surface area contributed by atoms with E-state index in [-0.39, 0.29) is 5.91 Å². The molecule has 1 heterocycles. The molecular weight excluding hydrogens is 384 g/mol. The molecule has 7 heteroatoms. The fraction of sp³-hybridized carbons (Fsp3) is 0.350. The molecule has 0 spiro atoms. The summed E-state index contributed by atoms with van der Waals surface area (Å²) in [4.78, 5) is 17.6. The summed E-state index contributed by atoms with van der Waals surface area (Å²) in [6, 6.07) is 12.9. The Labute approximate surface area is 168 Å². The molecule has 0 aromatic heterocycles. The smallest absolute Gasteiger partial charge is 0.257 e. The van der Waals surface area contributed by atoms with Crippen LogP contribution < -0.4 is 9.64 Å². The lowest BCUT2D eigenvalue weighted by molar-refractivity contribution is -0.126. The van der Waals surface area contributed by atoms with Gasteiger partial charge < -0.3 is 19.6 Å². The number of likely N-dealkylation sites (N-methyl/N-ethyl adjacent to an activating group) is 1. The van der Waals surface area contributed by atoms with E-state index < -0.39 is 11.4 Å². The predicted molar refractivity (Wildman–Crippen MR) is 110 cm³/mol. The van der Waals surface area contributed by atoms with Gasteiger partial charge in [-0.25, -0.2) is 0 Å². The topological polar surface area (TPSA) is 53.0 Å². The number of anilines is 1. The van der Waals surface area contributed by atoms with Crippen LogP contribution in [0, 0.1) is 0 Å². The molecule has 2 aromatic rings. The number of aliphatic hydroxyl groups excluding tert-OH is 1. The fourth-order valence-electron chi connectivity index (χ4n) is 3.00. The van der Waals surface area contributed by atoms with Crippen molar-refractivity contribution in [1.82, 2.24) is 4.90 Å². The molecule has 0 aliphatic carbocycles. The zero-order chi connectivity index (χ0) is 19.6. The number of thioether (sulfide) groups is 1. The van der Waals surface area contributed by atoms with Crippen molar-refractivity contribution in [3.8, 4) is 5.75 Å². The summed E-state index contributed by atoms with van der Waals surface area (Å²) in [5.41, 5.74) is 1.59. The maximum absolute atomic E-state index is 13.1. The Kier molecular flexibility index (Phi) is 6.32. The zero-order valence-corrected chi connectivity index (χ0v) is 17.1. The first-order valence-corrected chi connectivity index (χ1v) is 9.91. The van der Waals surface area contributed by atoms with Crippen LogP contribution in [0.15, 0.2) is 47.4 Å². The Morgan fingerprint density at radius 3 is 2.56 bits per heavy atom. The van der Waals surface area contributed by atoms with E-state index in [1.54, 1.807) is 12.0 Å². The highest BCUT2D eigenvalue weighted by Gasteiger charge is 2.38. The summed E-state index contributed by atoms with van der Waals surface area (Å²) >= 11 is 7.89. The van der Waals surface area contributed by atoms with Crippen LogP contribution in [0.2, 0.25) is 5.02 Å². The van der Waals surface area contributed by atoms with Crippen LogP contribution >= 0.6 is 23.4 Å². The molecule has 0 unspecified atom stereocenters. The van der Waals surface area contributed by atoms with Gasteiger partial charge in [0.15, 0.2) is 0 Å². The average Bonchev–Trinajstić information content (AvgIpc) is 2.76. The number of benzene rings is 2. The number of methoxy groups -OCH3 is 1. The van der Waals surface area contributed by atoms with Crippen LogP contribution in [-0.4, -0.2) is 56.3 Å². The summed E-state index contributed by atoms with van der Waals surface area (Å²) < 4.78 is 5.21. The maximum Gasteiger partial charge on any atom is 0.257 e. The van der Waals surface area contributed by atoms with E-state index in [1.165, 1.54) is 11.8 Å². The summed E-state index contributed by atoms with van der Waals surface area (Å²) in [6.45, 7) is 1.16. The van der Waals surface area contributed by atoms with Crippen molar-refractivity contribution >= 4 is 35.0 Å². The maximum atomic E-state index is 13.1. The number of fused-ring (bicyclic) bond motifs is 1. The minimum absolute atomic E-state index is 0.314. The van der Waals surface area contributed by atoms with Crippen molar-refractivity contribution in [3.05, 3.63) is 53.1 Å². The highest BCUT2D eigenvalue weighted by molar-refractivity contribution is 8.00. The van der Waals surface area contributed by atoms with E-state index >= 15 is 0 Å². The highest BCUT2D eigenvalue weighted by atomic mass is 35.5. The molecule has 3 rings (SSSR count). The normalized spacial score (nSPS) is 19.8. The lowest BCUT2D eigenvalue weighted by Crippen LogP contribution is -2.43. The van der Waals surface area contributed by atoms with Gasteiger partial charge in [-0.1, -0.05) is 29.8 Å². The monoisotopic (exact) mass is 406 g/mol. The van der Waals surface area contributed by atoms with E-state index in [4.69, 9.17) is 16.3 Å². The molecule has 0 fully saturated rings. The van der Waals surface area contributed by atoms with Crippen LogP contribution in [0.5, 0.6) is 5.75 Å². The molecule has 0 radical (unpaired) electrons. The molecule has 2 atom stereocenters. The number of hydrogen-bond acceptors (Lipinski definition) is 5. The number of hydrogen-bond donors (Lipinski definition) is 1. The van der Waals surface area contributed by atoms with Gasteiger partial charge in [0.25, 0.3) is 5.91 Å². The van der Waals surface area contributed by atoms with Gasteiger partial charge in [0.05, 0.1) is 28.0 Å². The van der Waals surface area contributed by atoms with Gasteiger partial charge in [-0.2, -0.15) is 0 Å². The molecule has 1 amide bonds. The van der Waals surface area contributed by atoms with E-state index in [0.717, 1.165) is 21.9 Å². The predicted octanol–water partition coefficient (Wildman–Crippen LogP) is 3.45. The summed E-state index contributed by atoms with van der Waals surface area (Å²) in [5, 5.41) is 11.0. The van der Waals surface area contributed by atoms with Gasteiger partial charge in [0.2, 0.25) is 0 Å². The third-order valence-corrected chi connectivity index (χ3v) is 6.38. The molecule has 1 aliphatic rings. The number of halogens is 1. The van der Waals surface area contributed by atoms with Crippen LogP contribution in [-0.2, 0) is 4.79 Å². The number of rotatable bonds is 5. The van der Waals surface area contributed by atoms with Crippen LogP contribution in [0.3, 0.4) is 0 Å². The van der Waals surface area contributed by atoms with Gasteiger partial charge in [-0.15, -0.1) is 11.8 Å². The largest absolute Gasteiger partial charge is 0.497 e. The number of nitrogens with zero attached hydrogens (tertiary/aromatic N) is 2. The highest BCUT2D eigenvalue weighted by Crippen LogP contribution is 2.48. The SMILES string of the molecule is COc1ccc([C@H]2Sc3c(Cl)cccc3N(CCN(C)C)C(=O)[C@H]2O)cc1. The standard InChI is InChI=1S/C20H23ClN2O3S/c1-22(2)11-12-23-16-6-4-5-15(21)19(16)27-18(17(24)20(23)25)13-7-9-14(26-3)10-8-13/h4-10,17-18,24H,11-12H2,1-3H3/t17-,18+/m0/s1. The summed E-state index contributed by atoms with van der Waals surface area (Å²) in [5.74, 6) is 0.412. The van der Waals surface area contributed by atoms with Crippen LogP contribution in [0.1, 0.15) is 10.8 Å². The molecule has 1 aliphatic heterocycles. The number of carbonyl (C=O) groups excluding carboxylic acids is 1. The Morgan fingerprint density at radius 2 is 1.93 bits per heavy atom. The molecule has 144 valence electrons. The Bertz CT molecular complexity index is 813. The molecular formula is C20H23ClN2O3S. The molecule has 27 heavy (non-hydrogen) atoms. The fourth-order valence-corrected chi connectivity index (χ4v) is 4.58. The first kappa shape index (κ1) is 20.0. The second-order valence-electron chi connectivity index (χ2n) is 6.64. The van der Waals surface area contributed by atoms with Crippen molar-refractivity contribution in [2.45, 2.75) is 16.2 Å². The minimum Gasteiger partial charge on any atom is -0.497 e. The Hall–Kier alpha value is -1.73. The van der Waals surface area contributed by atoms with Gasteiger partial charge in [0.1, 0.15) is 11.9 Å². The second kappa shape index (κ2) is 8.52. The number of amides is 1. The summed E-state index contributed by atoms with van der Waals surface area (Å²) in [7, 11) is 5.51. The van der Waals surface area contributed by atoms with E-state index in [0.29, 0.717) is 18.1 Å². The van der Waals surface area contributed by atoms with Gasteiger partial charge in [0, 0.05) is 13.1 Å². The molecule has 2 aromatic carbocycles. The lowest BCUT2D eigenvalue weighted by Gasteiger charge is -2.26. The number of carbonyl (C=O) groups is 1. The van der Waals surface area contributed by atoms with Gasteiger partial charge in [-0.3, -0.25) is 4.79 Å². The first-order valence-electron chi connectivity index (χ1n) is 8.65. The van der Waals surface area contributed by atoms with Gasteiger partial charge in [-0.05, 0) is 43.9 Å². The quantitative estimate of drug-likeness (QED) is 0.824. The first-order chi connectivity index (χ1) is 12.9. The van der Waals surface area contributed by atoms with Crippen molar-refractivity contribution in [2.75, 3.05) is 39.2 Å². The molecule has 0 bridgehead atoms. The van der Waals surface area contributed by atoms with E-state index in [1.807, 2.05) is 61.5 Å². The van der Waals surface area contributed by atoms with Crippen molar-refractivity contribution in [2.24, 2.45) is 0 Å². The average molecular weight is 407 g/mol. The van der Waals surface area contributed by atoms with Gasteiger partial charge >= 0.3 is 0 Å². The minimum atomic E-state index is -1.17. The van der Waals surface area contributed by atoms with Crippen molar-refractivity contribution in [1.29, 1.82) is 0 Å². The van der Waals surface area contributed by atoms with Crippen molar-refractivity contribution in [3.63, 3.8) is 0 Å². The third-order valence-electron chi connectivity index (χ3n) is 4.50. The third kappa shape index (κ3) is 4.24. The van der Waals surface area contributed by atoms with E-state index in [2.05, 4.69) is 0 Å². The zero-order valence-electron chi connectivity index (χ0n) is 15.6. The van der Waals surface area contributed by atoms with E-state index in [9.17, 15) is 9.90 Å². The lowest BCUT2D eigenvalue weighted by atomic mass is 10.1. The summed E-state index contributed by atoms with van der Waals surface area (Å²) in [6.07, 6.45) is -1.17. The molecule has 1 N–H and O–H groups in total.